The topological polar surface area (TPSA) is 144 Å². The van der Waals surface area contributed by atoms with E-state index in [1.54, 1.807) is 31.3 Å². The number of pyridine rings is 1. The number of amides is 2. The summed E-state index contributed by atoms with van der Waals surface area (Å²) in [5.74, 6) is -0.920. The summed E-state index contributed by atoms with van der Waals surface area (Å²) in [6.07, 6.45) is 1.23. The average Bonchev–Trinajstić information content (AvgIpc) is 2.90. The molecule has 0 aliphatic carbocycles. The fourth-order valence-corrected chi connectivity index (χ4v) is 6.65. The standard InChI is InChI=1S/C28H25FIN5O5S/c1-35-15-19-13-20(6-7-23(19)41(30,38)39)34-28(37)40-11-9-16-2-4-17(5-3-16)25(27(35)36)33-21-12-18-8-10-32-26(31)24(18)22(29)14-21/h2-8,10,12-14,25,33H,9,11,15H2,1H3,(H2,31,32)(H,34,37)/t25-/m1/s1. The van der Waals surface area contributed by atoms with Gasteiger partial charge in [-0.05, 0) is 58.5 Å². The minimum atomic E-state index is -3.69. The SMILES string of the molecule is CN1Cc2cc(ccc2S(=O)(=O)I)NC(=O)OCCc2ccc(cc2)[C@@H](Nc2cc(F)c3c(N)nccc3c2)C1=O. The van der Waals surface area contributed by atoms with Crippen LogP contribution in [0.5, 0.6) is 0 Å². The Morgan fingerprint density at radius 3 is 2.61 bits per heavy atom. The summed E-state index contributed by atoms with van der Waals surface area (Å²) in [6.45, 7) is 0.0153. The van der Waals surface area contributed by atoms with E-state index >= 15 is 4.39 Å². The number of ether oxygens (including phenoxy) is 1. The van der Waals surface area contributed by atoms with E-state index in [0.29, 0.717) is 34.3 Å². The second-order valence-corrected chi connectivity index (χ2v) is 14.3. The molecule has 2 amide bonds. The van der Waals surface area contributed by atoms with Crippen LogP contribution in [-0.4, -0.2) is 44.0 Å². The molecule has 4 bridgehead atoms. The van der Waals surface area contributed by atoms with Crippen LogP contribution in [0.3, 0.4) is 0 Å². The van der Waals surface area contributed by atoms with Crippen LogP contribution in [0.4, 0.5) is 26.4 Å². The molecule has 0 spiro atoms. The number of rotatable bonds is 3. The van der Waals surface area contributed by atoms with E-state index in [0.717, 1.165) is 5.56 Å². The highest BCUT2D eigenvalue weighted by molar-refractivity contribution is 14.2. The molecule has 6 rings (SSSR count). The van der Waals surface area contributed by atoms with E-state index < -0.39 is 30.9 Å². The molecule has 0 fully saturated rings. The number of hydrogen-bond donors (Lipinski definition) is 3. The second-order valence-electron chi connectivity index (χ2n) is 9.54. The van der Waals surface area contributed by atoms with Gasteiger partial charge in [0.05, 0.1) is 38.1 Å². The summed E-state index contributed by atoms with van der Waals surface area (Å²) >= 11 is 1.33. The fourth-order valence-electron chi connectivity index (χ4n) is 4.69. The van der Waals surface area contributed by atoms with Gasteiger partial charge in [-0.2, -0.15) is 0 Å². The van der Waals surface area contributed by atoms with Crippen LogP contribution in [0.15, 0.2) is 71.8 Å². The highest BCUT2D eigenvalue weighted by Gasteiger charge is 2.27. The van der Waals surface area contributed by atoms with Crippen LogP contribution < -0.4 is 16.4 Å². The van der Waals surface area contributed by atoms with Gasteiger partial charge < -0.3 is 20.7 Å². The van der Waals surface area contributed by atoms with Crippen LogP contribution in [0, 0.1) is 5.82 Å². The fraction of sp³-hybridized carbons (Fsp3) is 0.179. The van der Waals surface area contributed by atoms with Gasteiger partial charge in [0.15, 0.2) is 0 Å². The Bertz CT molecular complexity index is 1770. The number of anilines is 3. The third-order valence-electron chi connectivity index (χ3n) is 6.69. The van der Waals surface area contributed by atoms with Gasteiger partial charge in [0.2, 0.25) is 12.9 Å². The number of carbonyl (C=O) groups is 2. The van der Waals surface area contributed by atoms with Crippen molar-refractivity contribution in [2.75, 3.05) is 30.0 Å². The van der Waals surface area contributed by atoms with E-state index in [2.05, 4.69) is 15.6 Å². The molecule has 3 heterocycles. The molecule has 0 saturated heterocycles. The lowest BCUT2D eigenvalue weighted by Crippen LogP contribution is -2.35. The Hall–Kier alpha value is -3.98. The molecule has 4 N–H and O–H groups in total. The number of carbonyl (C=O) groups excluding carboxylic acids is 2. The van der Waals surface area contributed by atoms with Crippen molar-refractivity contribution < 1.29 is 27.1 Å². The zero-order valence-electron chi connectivity index (χ0n) is 21.7. The summed E-state index contributed by atoms with van der Waals surface area (Å²) < 4.78 is 45.4. The first-order valence-corrected chi connectivity index (χ1v) is 16.5. The third-order valence-corrected chi connectivity index (χ3v) is 9.04. The van der Waals surface area contributed by atoms with Gasteiger partial charge in [-0.15, -0.1) is 0 Å². The van der Waals surface area contributed by atoms with Crippen molar-refractivity contribution in [2.24, 2.45) is 0 Å². The molecule has 13 heteroatoms. The number of halogens is 2. The summed E-state index contributed by atoms with van der Waals surface area (Å²) in [7, 11) is -2.15. The third kappa shape index (κ3) is 6.35. The first kappa shape index (κ1) is 28.5. The number of nitrogen functional groups attached to an aromatic ring is 1. The minimum absolute atomic E-state index is 0.00874. The molecule has 0 unspecified atom stereocenters. The molecule has 0 saturated carbocycles. The van der Waals surface area contributed by atoms with E-state index in [1.807, 2.05) is 12.1 Å². The number of fused-ring (bicyclic) bond motifs is 10. The van der Waals surface area contributed by atoms with E-state index in [1.165, 1.54) is 56.6 Å². The van der Waals surface area contributed by atoms with Gasteiger partial charge in [0.25, 0.3) is 0 Å². The van der Waals surface area contributed by atoms with Crippen LogP contribution in [0.1, 0.15) is 22.7 Å². The van der Waals surface area contributed by atoms with Gasteiger partial charge >= 0.3 is 6.09 Å². The lowest BCUT2D eigenvalue weighted by molar-refractivity contribution is -0.131. The average molecular weight is 690 g/mol. The maximum absolute atomic E-state index is 15.1. The highest BCUT2D eigenvalue weighted by atomic mass is 127. The van der Waals surface area contributed by atoms with Gasteiger partial charge in [-0.3, -0.25) is 10.1 Å². The Balaban J connectivity index is 1.57. The molecule has 0 radical (unpaired) electrons. The Kier molecular flexibility index (Phi) is 8.00. The number of aromatic nitrogens is 1. The zero-order valence-corrected chi connectivity index (χ0v) is 24.7. The summed E-state index contributed by atoms with van der Waals surface area (Å²) in [4.78, 5) is 31.6. The summed E-state index contributed by atoms with van der Waals surface area (Å²) in [5.41, 5.74) is 8.31. The number of nitrogens with zero attached hydrogens (tertiary/aromatic N) is 2. The predicted octanol–water partition coefficient (Wildman–Crippen LogP) is 5.00. The number of hydrogen-bond acceptors (Lipinski definition) is 8. The van der Waals surface area contributed by atoms with Crippen molar-refractivity contribution >= 4 is 68.2 Å². The number of likely N-dealkylation sites (N-methyl/N-ethyl adjacent to an activating group) is 1. The van der Waals surface area contributed by atoms with Gasteiger partial charge in [-0.25, -0.2) is 22.6 Å². The van der Waals surface area contributed by atoms with E-state index in [4.69, 9.17) is 10.5 Å². The van der Waals surface area contributed by atoms with Gasteiger partial charge in [-0.1, -0.05) is 24.3 Å². The molecule has 212 valence electrons. The monoisotopic (exact) mass is 689 g/mol. The molecular formula is C28H25FIN5O5S. The van der Waals surface area contributed by atoms with Gasteiger partial charge in [0, 0.05) is 37.6 Å². The summed E-state index contributed by atoms with van der Waals surface area (Å²) in [6, 6.07) is 15.1. The van der Waals surface area contributed by atoms with Crippen LogP contribution >= 0.6 is 21.2 Å². The number of benzene rings is 3. The predicted molar refractivity (Wildman–Crippen MR) is 162 cm³/mol. The maximum Gasteiger partial charge on any atom is 0.411 e. The molecule has 10 nitrogen and oxygen atoms in total. The first-order chi connectivity index (χ1) is 19.5. The van der Waals surface area contributed by atoms with Crippen LogP contribution in [0.25, 0.3) is 10.8 Å². The summed E-state index contributed by atoms with van der Waals surface area (Å²) in [5, 5.41) is 6.46. The van der Waals surface area contributed by atoms with Crippen molar-refractivity contribution in [1.82, 2.24) is 9.88 Å². The Morgan fingerprint density at radius 2 is 1.88 bits per heavy atom. The van der Waals surface area contributed by atoms with Gasteiger partial charge in [0.1, 0.15) is 17.7 Å². The molecule has 3 aromatic carbocycles. The van der Waals surface area contributed by atoms with Crippen LogP contribution in [-0.2, 0) is 29.5 Å². The first-order valence-electron chi connectivity index (χ1n) is 12.4. The molecule has 41 heavy (non-hydrogen) atoms. The molecule has 4 aromatic rings. The lowest BCUT2D eigenvalue weighted by atomic mass is 10.0. The van der Waals surface area contributed by atoms with Crippen molar-refractivity contribution in [3.05, 3.63) is 89.4 Å². The Morgan fingerprint density at radius 1 is 1.12 bits per heavy atom. The normalized spacial score (nSPS) is 16.4. The van der Waals surface area contributed by atoms with Crippen molar-refractivity contribution in [2.45, 2.75) is 23.9 Å². The lowest BCUT2D eigenvalue weighted by Gasteiger charge is -2.27. The van der Waals surface area contributed by atoms with E-state index in [-0.39, 0.29) is 29.3 Å². The van der Waals surface area contributed by atoms with Crippen molar-refractivity contribution in [3.8, 4) is 0 Å². The van der Waals surface area contributed by atoms with E-state index in [9.17, 15) is 18.0 Å². The smallest absolute Gasteiger partial charge is 0.411 e. The zero-order chi connectivity index (χ0) is 29.3. The molecule has 2 aliphatic heterocycles. The molecule has 1 aromatic heterocycles. The quantitative estimate of drug-likeness (QED) is 0.202. The second kappa shape index (κ2) is 11.5. The molecular weight excluding hydrogens is 664 g/mol. The molecule has 1 atom stereocenters. The highest BCUT2D eigenvalue weighted by Crippen LogP contribution is 2.31. The number of nitrogens with two attached hydrogens (primary N) is 1. The Labute approximate surface area is 247 Å². The maximum atomic E-state index is 15.1. The molecule has 2 aliphatic rings. The number of nitrogens with one attached hydrogen (secondary N) is 2. The largest absolute Gasteiger partial charge is 0.449 e. The van der Waals surface area contributed by atoms with Crippen molar-refractivity contribution in [3.63, 3.8) is 0 Å². The van der Waals surface area contributed by atoms with Crippen LogP contribution in [0.2, 0.25) is 0 Å². The minimum Gasteiger partial charge on any atom is -0.449 e. The van der Waals surface area contributed by atoms with Crippen molar-refractivity contribution in [1.29, 1.82) is 0 Å².